The largest absolute Gasteiger partial charge is 0.378 e. The minimum absolute atomic E-state index is 0.113. The molecule has 9 heteroatoms. The molecule has 32 heavy (non-hydrogen) atoms. The molecule has 0 unspecified atom stereocenters. The summed E-state index contributed by atoms with van der Waals surface area (Å²) in [6, 6.07) is 4.44. The van der Waals surface area contributed by atoms with Crippen molar-refractivity contribution >= 4 is 29.1 Å². The third-order valence-corrected chi connectivity index (χ3v) is 6.65. The Morgan fingerprint density at radius 2 is 1.72 bits per heavy atom. The number of anilines is 1. The zero-order chi connectivity index (χ0) is 22.7. The van der Waals surface area contributed by atoms with Crippen molar-refractivity contribution in [1.82, 2.24) is 10.2 Å². The van der Waals surface area contributed by atoms with Gasteiger partial charge in [-0.2, -0.15) is 0 Å². The van der Waals surface area contributed by atoms with Crippen LogP contribution in [0.2, 0.25) is 0 Å². The molecule has 9 nitrogen and oxygen atoms in total. The Bertz CT molecular complexity index is 928. The molecule has 1 aromatic rings. The Morgan fingerprint density at radius 3 is 2.34 bits per heavy atom. The first-order valence-electron chi connectivity index (χ1n) is 11.3. The number of carbonyl (C=O) groups is 3. The van der Waals surface area contributed by atoms with E-state index < -0.39 is 4.92 Å². The molecule has 1 saturated heterocycles. The summed E-state index contributed by atoms with van der Waals surface area (Å²) >= 11 is 0. The van der Waals surface area contributed by atoms with Crippen LogP contribution >= 0.6 is 0 Å². The van der Waals surface area contributed by atoms with E-state index >= 15 is 0 Å². The predicted molar refractivity (Wildman–Crippen MR) is 118 cm³/mol. The third-order valence-electron chi connectivity index (χ3n) is 6.65. The van der Waals surface area contributed by atoms with E-state index in [9.17, 15) is 24.5 Å². The van der Waals surface area contributed by atoms with E-state index in [2.05, 4.69) is 10.6 Å². The minimum Gasteiger partial charge on any atom is -0.378 e. The van der Waals surface area contributed by atoms with Crippen LogP contribution in [0.25, 0.3) is 0 Å². The van der Waals surface area contributed by atoms with Crippen molar-refractivity contribution < 1.29 is 19.3 Å². The van der Waals surface area contributed by atoms with E-state index in [0.717, 1.165) is 25.7 Å². The third kappa shape index (κ3) is 4.51. The minimum atomic E-state index is -0.536. The second kappa shape index (κ2) is 9.50. The van der Waals surface area contributed by atoms with Gasteiger partial charge >= 0.3 is 0 Å². The normalized spacial score (nSPS) is 23.2. The van der Waals surface area contributed by atoms with Gasteiger partial charge in [-0.25, -0.2) is 0 Å². The molecule has 4 rings (SSSR count). The Kier molecular flexibility index (Phi) is 6.53. The van der Waals surface area contributed by atoms with Gasteiger partial charge in [0.2, 0.25) is 11.8 Å². The summed E-state index contributed by atoms with van der Waals surface area (Å²) in [5, 5.41) is 17.5. The number of likely N-dealkylation sites (tertiary alicyclic amines) is 1. The highest BCUT2D eigenvalue weighted by molar-refractivity contribution is 6.05. The van der Waals surface area contributed by atoms with Crippen LogP contribution in [-0.4, -0.2) is 46.7 Å². The van der Waals surface area contributed by atoms with Gasteiger partial charge in [-0.3, -0.25) is 29.4 Å². The van der Waals surface area contributed by atoms with E-state index in [1.54, 1.807) is 6.07 Å². The maximum Gasteiger partial charge on any atom is 0.293 e. The molecule has 0 aromatic heterocycles. The standard InChI is InChI=1S/C23H28N4O5/c28-21(25-16-6-2-1-3-7-16)15-10-11-19(20(14-15)27(31)32)24-12-13-26-22(29)17-8-4-5-9-18(17)23(26)30/h4-5,10-11,14,16-18,24H,1-3,6-9,12-13H2,(H,25,28)/t17-,18+. The van der Waals surface area contributed by atoms with Crippen molar-refractivity contribution in [3.05, 3.63) is 46.0 Å². The first-order valence-corrected chi connectivity index (χ1v) is 11.3. The van der Waals surface area contributed by atoms with Gasteiger partial charge < -0.3 is 10.6 Å². The quantitative estimate of drug-likeness (QED) is 0.291. The number of fused-ring (bicyclic) bond motifs is 1. The summed E-state index contributed by atoms with van der Waals surface area (Å²) in [6.45, 7) is 0.338. The number of nitrogens with one attached hydrogen (secondary N) is 2. The highest BCUT2D eigenvalue weighted by atomic mass is 16.6. The summed E-state index contributed by atoms with van der Waals surface area (Å²) in [6.07, 6.45) is 10.2. The van der Waals surface area contributed by atoms with Gasteiger partial charge in [0, 0.05) is 30.8 Å². The molecular weight excluding hydrogens is 412 g/mol. The highest BCUT2D eigenvalue weighted by Gasteiger charge is 2.46. The van der Waals surface area contributed by atoms with Crippen LogP contribution in [0, 0.1) is 22.0 Å². The number of hydrogen-bond acceptors (Lipinski definition) is 6. The SMILES string of the molecule is O=C(NC1CCCCC1)c1ccc(NCCN2C(=O)[C@H]3CC=CC[C@H]3C2=O)c([N+](=O)[O-])c1. The lowest BCUT2D eigenvalue weighted by Crippen LogP contribution is -2.36. The lowest BCUT2D eigenvalue weighted by Gasteiger charge is -2.22. The number of nitrogens with zero attached hydrogens (tertiary/aromatic N) is 2. The molecule has 3 aliphatic rings. The van der Waals surface area contributed by atoms with E-state index in [1.807, 2.05) is 12.2 Å². The molecule has 1 aliphatic heterocycles. The zero-order valence-corrected chi connectivity index (χ0v) is 17.9. The molecular formula is C23H28N4O5. The zero-order valence-electron chi connectivity index (χ0n) is 17.9. The van der Waals surface area contributed by atoms with Crippen LogP contribution in [0.5, 0.6) is 0 Å². The molecule has 1 saturated carbocycles. The molecule has 0 bridgehead atoms. The Labute approximate surface area is 186 Å². The van der Waals surface area contributed by atoms with Crippen LogP contribution in [0.15, 0.2) is 30.4 Å². The first kappa shape index (κ1) is 22.0. The van der Waals surface area contributed by atoms with Gasteiger partial charge in [0.05, 0.1) is 16.8 Å². The van der Waals surface area contributed by atoms with Gasteiger partial charge in [-0.15, -0.1) is 0 Å². The van der Waals surface area contributed by atoms with Crippen molar-refractivity contribution in [1.29, 1.82) is 0 Å². The number of allylic oxidation sites excluding steroid dienone is 2. The maximum absolute atomic E-state index is 12.5. The number of amides is 3. The second-order valence-corrected chi connectivity index (χ2v) is 8.71. The molecule has 1 aromatic carbocycles. The van der Waals surface area contributed by atoms with Gasteiger partial charge in [0.25, 0.3) is 11.6 Å². The van der Waals surface area contributed by atoms with E-state index in [4.69, 9.17) is 0 Å². The van der Waals surface area contributed by atoms with E-state index in [-0.39, 0.29) is 65.6 Å². The topological polar surface area (TPSA) is 122 Å². The van der Waals surface area contributed by atoms with Crippen molar-refractivity contribution in [3.8, 4) is 0 Å². The monoisotopic (exact) mass is 440 g/mol. The molecule has 0 spiro atoms. The summed E-state index contributed by atoms with van der Waals surface area (Å²) in [5.74, 6) is -1.23. The number of rotatable bonds is 7. The van der Waals surface area contributed by atoms with Crippen molar-refractivity contribution in [2.75, 3.05) is 18.4 Å². The average molecular weight is 441 g/mol. The van der Waals surface area contributed by atoms with Gasteiger partial charge in [0.1, 0.15) is 5.69 Å². The Hall–Kier alpha value is -3.23. The summed E-state index contributed by atoms with van der Waals surface area (Å²) in [4.78, 5) is 49.9. The summed E-state index contributed by atoms with van der Waals surface area (Å²) < 4.78 is 0. The van der Waals surface area contributed by atoms with Gasteiger partial charge in [0.15, 0.2) is 0 Å². The first-order chi connectivity index (χ1) is 15.5. The highest BCUT2D eigenvalue weighted by Crippen LogP contribution is 2.35. The Morgan fingerprint density at radius 1 is 1.06 bits per heavy atom. The van der Waals surface area contributed by atoms with Crippen LogP contribution < -0.4 is 10.6 Å². The maximum atomic E-state index is 12.5. The molecule has 2 N–H and O–H groups in total. The number of nitro groups is 1. The van der Waals surface area contributed by atoms with Crippen molar-refractivity contribution in [3.63, 3.8) is 0 Å². The number of imide groups is 1. The lowest BCUT2D eigenvalue weighted by molar-refractivity contribution is -0.384. The summed E-state index contributed by atoms with van der Waals surface area (Å²) in [7, 11) is 0. The Balaban J connectivity index is 1.38. The van der Waals surface area contributed by atoms with Gasteiger partial charge in [-0.05, 0) is 37.8 Å². The molecule has 3 amide bonds. The van der Waals surface area contributed by atoms with Crippen LogP contribution in [-0.2, 0) is 9.59 Å². The fourth-order valence-electron chi connectivity index (χ4n) is 4.88. The fourth-order valence-corrected chi connectivity index (χ4v) is 4.88. The number of carbonyl (C=O) groups excluding carboxylic acids is 3. The van der Waals surface area contributed by atoms with Gasteiger partial charge in [-0.1, -0.05) is 31.4 Å². The van der Waals surface area contributed by atoms with Crippen LogP contribution in [0.3, 0.4) is 0 Å². The number of nitro benzene ring substituents is 1. The lowest BCUT2D eigenvalue weighted by atomic mass is 9.85. The molecule has 2 fully saturated rings. The molecule has 1 heterocycles. The van der Waals surface area contributed by atoms with E-state index in [0.29, 0.717) is 12.8 Å². The molecule has 0 radical (unpaired) electrons. The van der Waals surface area contributed by atoms with E-state index in [1.165, 1.54) is 23.5 Å². The molecule has 2 aliphatic carbocycles. The smallest absolute Gasteiger partial charge is 0.293 e. The van der Waals surface area contributed by atoms with Crippen molar-refractivity contribution in [2.24, 2.45) is 11.8 Å². The molecule has 2 atom stereocenters. The average Bonchev–Trinajstić information content (AvgIpc) is 3.04. The van der Waals surface area contributed by atoms with Crippen LogP contribution in [0.1, 0.15) is 55.3 Å². The second-order valence-electron chi connectivity index (χ2n) is 8.71. The number of benzene rings is 1. The van der Waals surface area contributed by atoms with Crippen LogP contribution in [0.4, 0.5) is 11.4 Å². The van der Waals surface area contributed by atoms with Crippen molar-refractivity contribution in [2.45, 2.75) is 51.0 Å². The number of hydrogen-bond donors (Lipinski definition) is 2. The fraction of sp³-hybridized carbons (Fsp3) is 0.522. The predicted octanol–water partition coefficient (Wildman–Crippen LogP) is 3.02. The summed E-state index contributed by atoms with van der Waals surface area (Å²) in [5.41, 5.74) is 0.287. The molecule has 170 valence electrons.